The monoisotopic (exact) mass is 496 g/mol. The number of unbranched alkanes of at least 4 members (excludes halogenated alkanes) is 1. The highest BCUT2D eigenvalue weighted by molar-refractivity contribution is 7.22. The molecule has 3 heterocycles. The highest BCUT2D eigenvalue weighted by Gasteiger charge is 2.35. The second-order valence-corrected chi connectivity index (χ2v) is 9.04. The molecule has 0 radical (unpaired) electrons. The van der Waals surface area contributed by atoms with Crippen LogP contribution in [0.1, 0.15) is 43.5 Å². The van der Waals surface area contributed by atoms with Crippen LogP contribution in [0, 0.1) is 0 Å². The van der Waals surface area contributed by atoms with E-state index in [1.54, 1.807) is 0 Å². The van der Waals surface area contributed by atoms with Gasteiger partial charge in [0.2, 0.25) is 0 Å². The maximum atomic E-state index is 13.2. The lowest BCUT2D eigenvalue weighted by atomic mass is 10.1. The summed E-state index contributed by atoms with van der Waals surface area (Å²) >= 11 is 1.22. The zero-order chi connectivity index (χ0) is 24.3. The molecule has 2 N–H and O–H groups in total. The number of anilines is 1. The lowest BCUT2D eigenvalue weighted by Crippen LogP contribution is -2.38. The SMILES string of the molecule is O=C(O)CCCCc1nc2nc(N3CCC(Oc4ccccc4C(F)(F)F)CC3)sc2c(=O)[nH]1. The first kappa shape index (κ1) is 24.0. The summed E-state index contributed by atoms with van der Waals surface area (Å²) in [5.41, 5.74) is -0.730. The number of hydrogen-bond acceptors (Lipinski definition) is 7. The number of para-hydroxylation sites is 1. The van der Waals surface area contributed by atoms with E-state index in [1.807, 2.05) is 4.90 Å². The zero-order valence-corrected chi connectivity index (χ0v) is 18.9. The Balaban J connectivity index is 1.39. The number of aromatic amines is 1. The van der Waals surface area contributed by atoms with Gasteiger partial charge in [-0.1, -0.05) is 23.5 Å². The summed E-state index contributed by atoms with van der Waals surface area (Å²) in [6, 6.07) is 5.20. The molecule has 4 rings (SSSR count). The van der Waals surface area contributed by atoms with Gasteiger partial charge in [-0.2, -0.15) is 18.2 Å². The van der Waals surface area contributed by atoms with Crippen molar-refractivity contribution in [2.45, 2.75) is 50.8 Å². The van der Waals surface area contributed by atoms with Gasteiger partial charge < -0.3 is 19.7 Å². The number of alkyl halides is 3. The first-order chi connectivity index (χ1) is 16.2. The fourth-order valence-electron chi connectivity index (χ4n) is 3.84. The number of ether oxygens (including phenoxy) is 1. The maximum absolute atomic E-state index is 13.2. The molecule has 1 aromatic carbocycles. The number of fused-ring (bicyclic) bond motifs is 1. The van der Waals surface area contributed by atoms with Crippen LogP contribution in [0.25, 0.3) is 10.3 Å². The van der Waals surface area contributed by atoms with Crippen molar-refractivity contribution in [3.8, 4) is 5.75 Å². The highest BCUT2D eigenvalue weighted by atomic mass is 32.1. The summed E-state index contributed by atoms with van der Waals surface area (Å²) in [5.74, 6) is -0.560. The van der Waals surface area contributed by atoms with Crippen molar-refractivity contribution in [2.75, 3.05) is 18.0 Å². The van der Waals surface area contributed by atoms with Crippen LogP contribution in [-0.2, 0) is 17.4 Å². The number of aryl methyl sites for hydroxylation is 1. The Kier molecular flexibility index (Phi) is 7.05. The Hall–Kier alpha value is -3.15. The van der Waals surface area contributed by atoms with Gasteiger partial charge in [0, 0.05) is 38.8 Å². The molecular formula is C22H23F3N4O4S. The standard InChI is InChI=1S/C22H23F3N4O4S/c23-22(24,25)14-5-1-2-6-15(14)33-13-9-11-29(12-10-13)21-28-19-18(34-21)20(32)27-16(26-19)7-3-4-8-17(30)31/h1-2,5-6,13H,3-4,7-12H2,(H,30,31)(H,26,27,32). The van der Waals surface area contributed by atoms with E-state index in [1.165, 1.54) is 29.5 Å². The van der Waals surface area contributed by atoms with E-state index in [9.17, 15) is 22.8 Å². The average Bonchev–Trinajstić information content (AvgIpc) is 3.22. The minimum atomic E-state index is -4.48. The number of H-pyrrole nitrogens is 1. The normalized spacial score (nSPS) is 15.1. The predicted molar refractivity (Wildman–Crippen MR) is 121 cm³/mol. The maximum Gasteiger partial charge on any atom is 0.419 e. The van der Waals surface area contributed by atoms with Crippen LogP contribution in [0.15, 0.2) is 29.1 Å². The van der Waals surface area contributed by atoms with Crippen molar-refractivity contribution in [3.63, 3.8) is 0 Å². The average molecular weight is 497 g/mol. The molecule has 1 aliphatic heterocycles. The molecule has 2 aromatic heterocycles. The number of carboxylic acids is 1. The van der Waals surface area contributed by atoms with Gasteiger partial charge in [0.05, 0.1) is 5.56 Å². The van der Waals surface area contributed by atoms with Gasteiger partial charge in [0.1, 0.15) is 22.4 Å². The molecule has 8 nitrogen and oxygen atoms in total. The van der Waals surface area contributed by atoms with Crippen LogP contribution in [0.2, 0.25) is 0 Å². The lowest BCUT2D eigenvalue weighted by molar-refractivity contribution is -0.139. The molecule has 0 saturated carbocycles. The fraction of sp³-hybridized carbons (Fsp3) is 0.455. The first-order valence-electron chi connectivity index (χ1n) is 10.9. The van der Waals surface area contributed by atoms with Crippen LogP contribution in [0.5, 0.6) is 5.75 Å². The number of carbonyl (C=O) groups is 1. The number of nitrogens with zero attached hydrogens (tertiary/aromatic N) is 3. The van der Waals surface area contributed by atoms with E-state index in [2.05, 4.69) is 15.0 Å². The fourth-order valence-corrected chi connectivity index (χ4v) is 4.79. The molecule has 0 aliphatic carbocycles. The molecule has 0 atom stereocenters. The van der Waals surface area contributed by atoms with Gasteiger partial charge >= 0.3 is 12.1 Å². The van der Waals surface area contributed by atoms with E-state index >= 15 is 0 Å². The second kappa shape index (κ2) is 10.00. The third-order valence-corrected chi connectivity index (χ3v) is 6.66. The predicted octanol–water partition coefficient (Wildman–Crippen LogP) is 4.24. The minimum absolute atomic E-state index is 0.0643. The molecule has 1 fully saturated rings. The Morgan fingerprint density at radius 1 is 1.21 bits per heavy atom. The van der Waals surface area contributed by atoms with Crippen molar-refractivity contribution in [1.82, 2.24) is 15.0 Å². The Morgan fingerprint density at radius 3 is 2.65 bits per heavy atom. The second-order valence-electron chi connectivity index (χ2n) is 8.06. The number of rotatable bonds is 8. The number of carboxylic acid groups (broad SMARTS) is 1. The number of halogens is 3. The van der Waals surface area contributed by atoms with Crippen molar-refractivity contribution < 1.29 is 27.8 Å². The van der Waals surface area contributed by atoms with Crippen LogP contribution < -0.4 is 15.2 Å². The summed E-state index contributed by atoms with van der Waals surface area (Å²) in [5, 5.41) is 9.35. The lowest BCUT2D eigenvalue weighted by Gasteiger charge is -2.32. The summed E-state index contributed by atoms with van der Waals surface area (Å²) in [7, 11) is 0. The molecule has 182 valence electrons. The summed E-state index contributed by atoms with van der Waals surface area (Å²) in [6.45, 7) is 1.05. The van der Waals surface area contributed by atoms with Gasteiger partial charge in [-0.3, -0.25) is 9.59 Å². The van der Waals surface area contributed by atoms with Gasteiger partial charge in [-0.05, 0) is 25.0 Å². The molecule has 34 heavy (non-hydrogen) atoms. The van der Waals surface area contributed by atoms with Gasteiger partial charge in [0.15, 0.2) is 10.8 Å². The first-order valence-corrected chi connectivity index (χ1v) is 11.7. The van der Waals surface area contributed by atoms with Crippen molar-refractivity contribution >= 4 is 32.8 Å². The van der Waals surface area contributed by atoms with Crippen molar-refractivity contribution in [2.24, 2.45) is 0 Å². The quantitative estimate of drug-likeness (QED) is 0.449. The third kappa shape index (κ3) is 5.66. The molecule has 1 aliphatic rings. The summed E-state index contributed by atoms with van der Waals surface area (Å²) in [6.07, 6.45) is -2.21. The van der Waals surface area contributed by atoms with E-state index in [0.717, 1.165) is 6.07 Å². The van der Waals surface area contributed by atoms with Crippen LogP contribution >= 0.6 is 11.3 Å². The van der Waals surface area contributed by atoms with Crippen LogP contribution in [0.4, 0.5) is 18.3 Å². The molecule has 3 aromatic rings. The molecule has 0 spiro atoms. The highest BCUT2D eigenvalue weighted by Crippen LogP contribution is 2.37. The van der Waals surface area contributed by atoms with E-state index in [4.69, 9.17) is 9.84 Å². The Morgan fingerprint density at radius 2 is 1.94 bits per heavy atom. The Bertz CT molecular complexity index is 1220. The number of hydrogen-bond donors (Lipinski definition) is 2. The number of thiazole rings is 1. The van der Waals surface area contributed by atoms with Gasteiger partial charge in [-0.25, -0.2) is 4.98 Å². The number of aliphatic carboxylic acids is 1. The third-order valence-electron chi connectivity index (χ3n) is 5.56. The Labute approximate surface area is 196 Å². The zero-order valence-electron chi connectivity index (χ0n) is 18.1. The molecule has 1 saturated heterocycles. The largest absolute Gasteiger partial charge is 0.490 e. The van der Waals surface area contributed by atoms with Gasteiger partial charge in [0.25, 0.3) is 5.56 Å². The number of piperidine rings is 1. The smallest absolute Gasteiger partial charge is 0.419 e. The van der Waals surface area contributed by atoms with Crippen LogP contribution in [-0.4, -0.2) is 45.2 Å². The molecule has 0 bridgehead atoms. The number of benzene rings is 1. The molecular weight excluding hydrogens is 473 g/mol. The van der Waals surface area contributed by atoms with Crippen molar-refractivity contribution in [3.05, 3.63) is 46.0 Å². The topological polar surface area (TPSA) is 108 Å². The number of aromatic nitrogens is 3. The summed E-state index contributed by atoms with van der Waals surface area (Å²) < 4.78 is 45.7. The van der Waals surface area contributed by atoms with Crippen LogP contribution in [0.3, 0.4) is 0 Å². The summed E-state index contributed by atoms with van der Waals surface area (Å²) in [4.78, 5) is 36.7. The van der Waals surface area contributed by atoms with E-state index in [0.29, 0.717) is 66.5 Å². The van der Waals surface area contributed by atoms with E-state index in [-0.39, 0.29) is 23.8 Å². The number of nitrogens with one attached hydrogen (secondary N) is 1. The molecule has 0 amide bonds. The minimum Gasteiger partial charge on any atom is -0.490 e. The van der Waals surface area contributed by atoms with Crippen molar-refractivity contribution in [1.29, 1.82) is 0 Å². The molecule has 0 unspecified atom stereocenters. The van der Waals surface area contributed by atoms with E-state index < -0.39 is 17.7 Å². The molecule has 12 heteroatoms. The van der Waals surface area contributed by atoms with Gasteiger partial charge in [-0.15, -0.1) is 0 Å².